The van der Waals surface area contributed by atoms with E-state index in [-0.39, 0.29) is 23.1 Å². The van der Waals surface area contributed by atoms with Gasteiger partial charge in [-0.2, -0.15) is 0 Å². The van der Waals surface area contributed by atoms with Crippen LogP contribution in [0.1, 0.15) is 56.0 Å². The van der Waals surface area contributed by atoms with Crippen LogP contribution in [0.5, 0.6) is 0 Å². The van der Waals surface area contributed by atoms with E-state index in [0.717, 1.165) is 6.42 Å². The first-order valence-electron chi connectivity index (χ1n) is 9.74. The Morgan fingerprint density at radius 1 is 1.00 bits per heavy atom. The Kier molecular flexibility index (Phi) is 5.53. The molecule has 1 aromatic carbocycles. The van der Waals surface area contributed by atoms with Crippen LogP contribution < -0.4 is 5.32 Å². The van der Waals surface area contributed by atoms with E-state index in [9.17, 15) is 14.4 Å². The monoisotopic (exact) mass is 371 g/mol. The van der Waals surface area contributed by atoms with Gasteiger partial charge in [-0.05, 0) is 36.0 Å². The van der Waals surface area contributed by atoms with Crippen LogP contribution in [-0.2, 0) is 15.0 Å². The summed E-state index contributed by atoms with van der Waals surface area (Å²) in [4.78, 5) is 40.4. The van der Waals surface area contributed by atoms with E-state index in [1.807, 2.05) is 29.2 Å². The van der Waals surface area contributed by atoms with E-state index >= 15 is 0 Å². The number of hydrogen-bond acceptors (Lipinski definition) is 3. The van der Waals surface area contributed by atoms with Crippen LogP contribution in [0.4, 0.5) is 0 Å². The lowest BCUT2D eigenvalue weighted by Crippen LogP contribution is -2.46. The smallest absolute Gasteiger partial charge is 0.253 e. The highest BCUT2D eigenvalue weighted by molar-refractivity contribution is 5.94. The molecule has 0 radical (unpaired) electrons. The summed E-state index contributed by atoms with van der Waals surface area (Å²) in [5.41, 5.74) is 1.94. The van der Waals surface area contributed by atoms with Gasteiger partial charge >= 0.3 is 0 Å². The molecular weight excluding hydrogens is 342 g/mol. The summed E-state index contributed by atoms with van der Waals surface area (Å²) < 4.78 is 0. The molecule has 2 aliphatic rings. The third kappa shape index (κ3) is 4.49. The number of nitrogens with zero attached hydrogens (tertiary/aromatic N) is 2. The summed E-state index contributed by atoms with van der Waals surface area (Å²) in [6.45, 7) is 8.74. The molecule has 1 unspecified atom stereocenters. The van der Waals surface area contributed by atoms with Crippen molar-refractivity contribution in [3.8, 4) is 0 Å². The zero-order valence-corrected chi connectivity index (χ0v) is 16.5. The van der Waals surface area contributed by atoms with E-state index in [0.29, 0.717) is 44.6 Å². The van der Waals surface area contributed by atoms with Crippen LogP contribution in [0.15, 0.2) is 24.3 Å². The highest BCUT2D eigenvalue weighted by Gasteiger charge is 2.32. The Hall–Kier alpha value is -2.37. The lowest BCUT2D eigenvalue weighted by molar-refractivity contribution is -0.134. The Morgan fingerprint density at radius 2 is 1.63 bits per heavy atom. The number of amides is 3. The minimum Gasteiger partial charge on any atom is -0.344 e. The van der Waals surface area contributed by atoms with Crippen LogP contribution in [0.2, 0.25) is 0 Å². The van der Waals surface area contributed by atoms with E-state index in [1.54, 1.807) is 4.90 Å². The molecule has 0 aliphatic carbocycles. The van der Waals surface area contributed by atoms with Gasteiger partial charge in [-0.1, -0.05) is 32.9 Å². The van der Waals surface area contributed by atoms with Crippen LogP contribution in [0, 0.1) is 0 Å². The highest BCUT2D eigenvalue weighted by atomic mass is 16.2. The van der Waals surface area contributed by atoms with Crippen molar-refractivity contribution in [3.05, 3.63) is 35.4 Å². The van der Waals surface area contributed by atoms with Gasteiger partial charge in [-0.25, -0.2) is 0 Å². The van der Waals surface area contributed by atoms with Gasteiger partial charge in [-0.15, -0.1) is 0 Å². The van der Waals surface area contributed by atoms with E-state index in [1.165, 1.54) is 5.56 Å². The van der Waals surface area contributed by atoms with Crippen LogP contribution >= 0.6 is 0 Å². The van der Waals surface area contributed by atoms with Gasteiger partial charge in [-0.3, -0.25) is 14.4 Å². The molecule has 6 nitrogen and oxygen atoms in total. The molecule has 27 heavy (non-hydrogen) atoms. The normalized spacial score (nSPS) is 21.0. The van der Waals surface area contributed by atoms with Crippen LogP contribution in [-0.4, -0.2) is 59.7 Å². The molecule has 3 rings (SSSR count). The van der Waals surface area contributed by atoms with Gasteiger partial charge in [0.1, 0.15) is 6.04 Å². The summed E-state index contributed by atoms with van der Waals surface area (Å²) in [6.07, 6.45) is 1.73. The fourth-order valence-corrected chi connectivity index (χ4v) is 3.66. The van der Waals surface area contributed by atoms with Crippen molar-refractivity contribution < 1.29 is 14.4 Å². The van der Waals surface area contributed by atoms with Gasteiger partial charge in [0.15, 0.2) is 0 Å². The first kappa shape index (κ1) is 19.4. The average molecular weight is 371 g/mol. The lowest BCUT2D eigenvalue weighted by Gasteiger charge is -2.24. The third-order valence-electron chi connectivity index (χ3n) is 5.39. The number of hydrogen-bond donors (Lipinski definition) is 1. The third-order valence-corrected chi connectivity index (χ3v) is 5.39. The van der Waals surface area contributed by atoms with Gasteiger partial charge in [0.25, 0.3) is 5.91 Å². The highest BCUT2D eigenvalue weighted by Crippen LogP contribution is 2.23. The van der Waals surface area contributed by atoms with E-state index < -0.39 is 6.04 Å². The Balaban J connectivity index is 1.61. The summed E-state index contributed by atoms with van der Waals surface area (Å²) in [7, 11) is 0. The standard InChI is InChI=1S/C21H29N3O3/c1-21(2,3)16-7-5-15(6-8-16)19(26)23-11-4-12-24(14-13-23)20(27)17-9-10-18(25)22-17/h5-8,17H,4,9-14H2,1-3H3,(H,22,25). The minimum atomic E-state index is -0.398. The number of benzene rings is 1. The second-order valence-corrected chi connectivity index (χ2v) is 8.46. The van der Waals surface area contributed by atoms with Crippen molar-refractivity contribution in [1.82, 2.24) is 15.1 Å². The lowest BCUT2D eigenvalue weighted by atomic mass is 9.86. The molecule has 2 saturated heterocycles. The Labute approximate surface area is 160 Å². The number of rotatable bonds is 2. The number of carbonyl (C=O) groups is 3. The first-order valence-corrected chi connectivity index (χ1v) is 9.74. The topological polar surface area (TPSA) is 69.7 Å². The van der Waals surface area contributed by atoms with Crippen molar-refractivity contribution >= 4 is 17.7 Å². The number of nitrogens with one attached hydrogen (secondary N) is 1. The largest absolute Gasteiger partial charge is 0.344 e. The zero-order valence-electron chi connectivity index (χ0n) is 16.5. The second-order valence-electron chi connectivity index (χ2n) is 8.46. The first-order chi connectivity index (χ1) is 12.8. The fraction of sp³-hybridized carbons (Fsp3) is 0.571. The van der Waals surface area contributed by atoms with Crippen molar-refractivity contribution in [2.24, 2.45) is 0 Å². The summed E-state index contributed by atoms with van der Waals surface area (Å²) in [6, 6.07) is 7.42. The average Bonchev–Trinajstić information content (AvgIpc) is 2.92. The van der Waals surface area contributed by atoms with Crippen molar-refractivity contribution in [2.45, 2.75) is 51.5 Å². The maximum Gasteiger partial charge on any atom is 0.253 e. The zero-order chi connectivity index (χ0) is 19.6. The maximum atomic E-state index is 12.9. The van der Waals surface area contributed by atoms with Crippen LogP contribution in [0.25, 0.3) is 0 Å². The molecule has 1 atom stereocenters. The fourth-order valence-electron chi connectivity index (χ4n) is 3.66. The summed E-state index contributed by atoms with van der Waals surface area (Å²) in [5, 5.41) is 2.74. The molecule has 0 spiro atoms. The second kappa shape index (κ2) is 7.71. The Bertz CT molecular complexity index is 721. The van der Waals surface area contributed by atoms with Gasteiger partial charge in [0, 0.05) is 38.2 Å². The molecule has 2 aliphatic heterocycles. The van der Waals surface area contributed by atoms with Gasteiger partial charge in [0.05, 0.1) is 0 Å². The van der Waals surface area contributed by atoms with Crippen LogP contribution in [0.3, 0.4) is 0 Å². The molecule has 146 valence electrons. The van der Waals surface area contributed by atoms with E-state index in [2.05, 4.69) is 26.1 Å². The summed E-state index contributed by atoms with van der Waals surface area (Å²) >= 11 is 0. The molecule has 2 fully saturated rings. The van der Waals surface area contributed by atoms with Crippen molar-refractivity contribution in [3.63, 3.8) is 0 Å². The SMILES string of the molecule is CC(C)(C)c1ccc(C(=O)N2CCCN(C(=O)C3CCC(=O)N3)CC2)cc1. The molecule has 3 amide bonds. The van der Waals surface area contributed by atoms with Crippen molar-refractivity contribution in [1.29, 1.82) is 0 Å². The molecule has 6 heteroatoms. The quantitative estimate of drug-likeness (QED) is 0.864. The molecule has 2 heterocycles. The molecule has 0 bridgehead atoms. The molecule has 1 aromatic rings. The molecule has 0 saturated carbocycles. The maximum absolute atomic E-state index is 12.9. The summed E-state index contributed by atoms with van der Waals surface area (Å²) in [5.74, 6) is -0.0673. The predicted molar refractivity (Wildman–Crippen MR) is 103 cm³/mol. The molecular formula is C21H29N3O3. The number of carbonyl (C=O) groups excluding carboxylic acids is 3. The van der Waals surface area contributed by atoms with Gasteiger partial charge in [0.2, 0.25) is 11.8 Å². The molecule has 0 aromatic heterocycles. The minimum absolute atomic E-state index is 0.0129. The Morgan fingerprint density at radius 3 is 2.22 bits per heavy atom. The van der Waals surface area contributed by atoms with Gasteiger partial charge < -0.3 is 15.1 Å². The molecule has 1 N–H and O–H groups in total. The van der Waals surface area contributed by atoms with E-state index in [4.69, 9.17) is 0 Å². The van der Waals surface area contributed by atoms with Crippen molar-refractivity contribution in [2.75, 3.05) is 26.2 Å². The predicted octanol–water partition coefficient (Wildman–Crippen LogP) is 1.94.